The molecule has 0 fully saturated rings. The first-order valence-corrected chi connectivity index (χ1v) is 6.38. The number of nitrogens with one attached hydrogen (secondary N) is 1. The number of amides is 2. The van der Waals surface area contributed by atoms with Gasteiger partial charge in [-0.2, -0.15) is 0 Å². The Hall–Kier alpha value is -3.02. The first kappa shape index (κ1) is 15.4. The van der Waals surface area contributed by atoms with Crippen LogP contribution in [0.4, 0.5) is 4.39 Å². The van der Waals surface area contributed by atoms with E-state index in [1.807, 2.05) is 0 Å². The van der Waals surface area contributed by atoms with Crippen LogP contribution in [-0.4, -0.2) is 24.4 Å². The molecule has 5 nitrogen and oxygen atoms in total. The van der Waals surface area contributed by atoms with E-state index in [1.165, 1.54) is 12.1 Å². The van der Waals surface area contributed by atoms with Gasteiger partial charge in [-0.15, -0.1) is 0 Å². The highest BCUT2D eigenvalue weighted by atomic mass is 19.1. The highest BCUT2D eigenvalue weighted by molar-refractivity contribution is 6.05. The predicted octanol–water partition coefficient (Wildman–Crippen LogP) is 1.94. The average molecular weight is 301 g/mol. The topological polar surface area (TPSA) is 72.5 Å². The van der Waals surface area contributed by atoms with E-state index in [1.54, 1.807) is 30.3 Å². The van der Waals surface area contributed by atoms with E-state index in [9.17, 15) is 18.8 Å². The predicted molar refractivity (Wildman–Crippen MR) is 75.6 cm³/mol. The van der Waals surface area contributed by atoms with E-state index in [4.69, 9.17) is 4.74 Å². The molecular formula is C16H12FNO4. The summed E-state index contributed by atoms with van der Waals surface area (Å²) in [6.45, 7) is -0.602. The van der Waals surface area contributed by atoms with E-state index in [0.717, 1.165) is 12.1 Å². The van der Waals surface area contributed by atoms with Crippen LogP contribution in [-0.2, 0) is 9.53 Å². The van der Waals surface area contributed by atoms with Gasteiger partial charge in [-0.05, 0) is 36.4 Å². The van der Waals surface area contributed by atoms with Gasteiger partial charge in [-0.1, -0.05) is 18.2 Å². The first-order chi connectivity index (χ1) is 10.6. The standard InChI is InChI=1S/C16H12FNO4/c17-13-8-6-12(7-9-13)16(21)22-10-14(19)18-15(20)11-4-2-1-3-5-11/h1-9H,10H2,(H,18,19,20). The zero-order valence-electron chi connectivity index (χ0n) is 11.4. The number of rotatable bonds is 4. The van der Waals surface area contributed by atoms with Crippen molar-refractivity contribution in [3.63, 3.8) is 0 Å². The Bertz CT molecular complexity index is 683. The molecule has 2 amide bonds. The molecule has 0 aromatic heterocycles. The molecule has 0 heterocycles. The van der Waals surface area contributed by atoms with Gasteiger partial charge < -0.3 is 4.74 Å². The number of hydrogen-bond donors (Lipinski definition) is 1. The molecule has 22 heavy (non-hydrogen) atoms. The van der Waals surface area contributed by atoms with Crippen molar-refractivity contribution in [1.82, 2.24) is 5.32 Å². The Kier molecular flexibility index (Phi) is 4.98. The third kappa shape index (κ3) is 4.24. The van der Waals surface area contributed by atoms with E-state index < -0.39 is 30.2 Å². The van der Waals surface area contributed by atoms with Gasteiger partial charge >= 0.3 is 5.97 Å². The van der Waals surface area contributed by atoms with Gasteiger partial charge in [0.25, 0.3) is 11.8 Å². The minimum absolute atomic E-state index is 0.114. The summed E-state index contributed by atoms with van der Waals surface area (Å²) >= 11 is 0. The second kappa shape index (κ2) is 7.12. The summed E-state index contributed by atoms with van der Waals surface area (Å²) in [5.74, 6) is -2.59. The van der Waals surface area contributed by atoms with Gasteiger partial charge in [-0.3, -0.25) is 14.9 Å². The molecule has 1 N–H and O–H groups in total. The molecule has 2 aromatic rings. The zero-order valence-corrected chi connectivity index (χ0v) is 11.4. The highest BCUT2D eigenvalue weighted by Crippen LogP contribution is 2.04. The molecule has 0 unspecified atom stereocenters. The minimum atomic E-state index is -0.776. The third-order valence-corrected chi connectivity index (χ3v) is 2.70. The summed E-state index contributed by atoms with van der Waals surface area (Å²) in [5, 5.41) is 2.10. The Morgan fingerprint density at radius 2 is 1.55 bits per heavy atom. The van der Waals surface area contributed by atoms with Gasteiger partial charge in [0.1, 0.15) is 5.82 Å². The second-order valence-corrected chi connectivity index (χ2v) is 4.33. The van der Waals surface area contributed by atoms with Crippen molar-refractivity contribution in [3.8, 4) is 0 Å². The molecule has 112 valence electrons. The molecule has 0 spiro atoms. The summed E-state index contributed by atoms with van der Waals surface area (Å²) in [6, 6.07) is 12.9. The van der Waals surface area contributed by atoms with Crippen molar-refractivity contribution in [2.24, 2.45) is 0 Å². The van der Waals surface area contributed by atoms with Gasteiger partial charge in [0.05, 0.1) is 5.56 Å². The number of carbonyl (C=O) groups is 3. The first-order valence-electron chi connectivity index (χ1n) is 6.38. The van der Waals surface area contributed by atoms with Crippen LogP contribution in [0.2, 0.25) is 0 Å². The smallest absolute Gasteiger partial charge is 0.338 e. The van der Waals surface area contributed by atoms with Crippen LogP contribution in [0.1, 0.15) is 20.7 Å². The van der Waals surface area contributed by atoms with Crippen LogP contribution < -0.4 is 5.32 Å². The summed E-state index contributed by atoms with van der Waals surface area (Å²) in [6.07, 6.45) is 0. The van der Waals surface area contributed by atoms with Gasteiger partial charge in [-0.25, -0.2) is 9.18 Å². The molecule has 2 rings (SSSR count). The molecule has 6 heteroatoms. The molecule has 0 aliphatic rings. The van der Waals surface area contributed by atoms with E-state index in [-0.39, 0.29) is 5.56 Å². The lowest BCUT2D eigenvalue weighted by Gasteiger charge is -2.06. The second-order valence-electron chi connectivity index (χ2n) is 4.33. The van der Waals surface area contributed by atoms with Gasteiger partial charge in [0, 0.05) is 5.56 Å². The zero-order chi connectivity index (χ0) is 15.9. The lowest BCUT2D eigenvalue weighted by molar-refractivity contribution is -0.123. The molecular weight excluding hydrogens is 289 g/mol. The summed E-state index contributed by atoms with van der Waals surface area (Å²) < 4.78 is 17.5. The number of carbonyl (C=O) groups excluding carboxylic acids is 3. The Balaban J connectivity index is 1.84. The Morgan fingerprint density at radius 3 is 2.18 bits per heavy atom. The molecule has 0 atom stereocenters. The maximum absolute atomic E-state index is 12.7. The normalized spacial score (nSPS) is 9.86. The molecule has 2 aromatic carbocycles. The minimum Gasteiger partial charge on any atom is -0.452 e. The van der Waals surface area contributed by atoms with Crippen LogP contribution >= 0.6 is 0 Å². The van der Waals surface area contributed by atoms with E-state index in [2.05, 4.69) is 5.32 Å². The Morgan fingerprint density at radius 1 is 0.909 bits per heavy atom. The lowest BCUT2D eigenvalue weighted by atomic mass is 10.2. The monoisotopic (exact) mass is 301 g/mol. The van der Waals surface area contributed by atoms with Crippen molar-refractivity contribution in [3.05, 3.63) is 71.5 Å². The van der Waals surface area contributed by atoms with Gasteiger partial charge in [0.2, 0.25) is 0 Å². The SMILES string of the molecule is O=C(COC(=O)c1ccc(F)cc1)NC(=O)c1ccccc1. The number of hydrogen-bond acceptors (Lipinski definition) is 4. The van der Waals surface area contributed by atoms with Crippen LogP contribution in [0.3, 0.4) is 0 Å². The number of ether oxygens (including phenoxy) is 1. The summed E-state index contributed by atoms with van der Waals surface area (Å²) in [5.41, 5.74) is 0.435. The van der Waals surface area contributed by atoms with Crippen LogP contribution in [0.15, 0.2) is 54.6 Å². The number of esters is 1. The molecule has 0 aliphatic carbocycles. The molecule has 0 saturated carbocycles. The van der Waals surface area contributed by atoms with Crippen LogP contribution in [0, 0.1) is 5.82 Å². The average Bonchev–Trinajstić information content (AvgIpc) is 2.54. The van der Waals surface area contributed by atoms with Gasteiger partial charge in [0.15, 0.2) is 6.61 Å². The van der Waals surface area contributed by atoms with Crippen molar-refractivity contribution in [1.29, 1.82) is 0 Å². The lowest BCUT2D eigenvalue weighted by Crippen LogP contribution is -2.34. The summed E-state index contributed by atoms with van der Waals surface area (Å²) in [4.78, 5) is 34.8. The fourth-order valence-corrected chi connectivity index (χ4v) is 1.62. The molecule has 0 radical (unpaired) electrons. The van der Waals surface area contributed by atoms with Crippen molar-refractivity contribution in [2.45, 2.75) is 0 Å². The maximum atomic E-state index is 12.7. The van der Waals surface area contributed by atoms with Crippen molar-refractivity contribution in [2.75, 3.05) is 6.61 Å². The van der Waals surface area contributed by atoms with Crippen molar-refractivity contribution < 1.29 is 23.5 Å². The fraction of sp³-hybridized carbons (Fsp3) is 0.0625. The van der Waals surface area contributed by atoms with E-state index >= 15 is 0 Å². The maximum Gasteiger partial charge on any atom is 0.338 e. The molecule has 0 saturated heterocycles. The number of halogens is 1. The van der Waals surface area contributed by atoms with E-state index in [0.29, 0.717) is 5.56 Å². The number of benzene rings is 2. The quantitative estimate of drug-likeness (QED) is 0.876. The van der Waals surface area contributed by atoms with Crippen LogP contribution in [0.5, 0.6) is 0 Å². The summed E-state index contributed by atoms with van der Waals surface area (Å²) in [7, 11) is 0. The highest BCUT2D eigenvalue weighted by Gasteiger charge is 2.13. The molecule has 0 bridgehead atoms. The Labute approximate surface area is 125 Å². The fourth-order valence-electron chi connectivity index (χ4n) is 1.62. The largest absolute Gasteiger partial charge is 0.452 e. The molecule has 0 aliphatic heterocycles. The number of imide groups is 1. The van der Waals surface area contributed by atoms with Crippen molar-refractivity contribution >= 4 is 17.8 Å². The third-order valence-electron chi connectivity index (χ3n) is 2.70. The van der Waals surface area contributed by atoms with Crippen LogP contribution in [0.25, 0.3) is 0 Å².